The smallest absolute Gasteiger partial charge is 0.250 e. The van der Waals surface area contributed by atoms with Gasteiger partial charge in [0.1, 0.15) is 17.0 Å². The second-order valence-corrected chi connectivity index (χ2v) is 5.53. The highest BCUT2D eigenvalue weighted by atomic mass is 19.1. The third-order valence-electron chi connectivity index (χ3n) is 4.06. The van der Waals surface area contributed by atoms with Crippen LogP contribution in [-0.2, 0) is 4.79 Å². The zero-order valence-corrected chi connectivity index (χ0v) is 10.4. The largest absolute Gasteiger partial charge is 0.369 e. The summed E-state index contributed by atoms with van der Waals surface area (Å²) < 4.78 is 13.6. The van der Waals surface area contributed by atoms with Crippen LogP contribution in [0.25, 0.3) is 0 Å². The van der Waals surface area contributed by atoms with Crippen LogP contribution in [0.2, 0.25) is 0 Å². The number of carbonyl (C=O) groups excluding carboxylic acids is 1. The molecular formula is C14H17FN2O. The van der Waals surface area contributed by atoms with Crippen LogP contribution in [0, 0.1) is 11.7 Å². The molecule has 3 rings (SSSR count). The number of benzene rings is 1. The Labute approximate surface area is 106 Å². The number of carbonyl (C=O) groups is 1. The summed E-state index contributed by atoms with van der Waals surface area (Å²) in [5.41, 5.74) is 0.438. The van der Waals surface area contributed by atoms with Crippen LogP contribution in [0.1, 0.15) is 32.6 Å². The molecule has 18 heavy (non-hydrogen) atoms. The van der Waals surface area contributed by atoms with Crippen LogP contribution in [0.15, 0.2) is 18.2 Å². The third-order valence-corrected chi connectivity index (χ3v) is 4.06. The molecule has 0 saturated heterocycles. The Bertz CT molecular complexity index is 503. The van der Waals surface area contributed by atoms with Gasteiger partial charge < -0.3 is 10.6 Å². The molecule has 1 aliphatic carbocycles. The molecule has 2 N–H and O–H groups in total. The zero-order chi connectivity index (χ0) is 12.8. The molecule has 0 bridgehead atoms. The summed E-state index contributed by atoms with van der Waals surface area (Å²) in [6, 6.07) is 4.85. The fourth-order valence-electron chi connectivity index (χ4n) is 3.17. The van der Waals surface area contributed by atoms with Crippen molar-refractivity contribution in [2.45, 2.75) is 38.1 Å². The van der Waals surface area contributed by atoms with Crippen molar-refractivity contribution in [3.8, 4) is 0 Å². The quantitative estimate of drug-likeness (QED) is 0.740. The Kier molecular flexibility index (Phi) is 2.54. The Morgan fingerprint density at radius 2 is 2.28 bits per heavy atom. The van der Waals surface area contributed by atoms with Gasteiger partial charge in [0.2, 0.25) is 5.91 Å². The van der Waals surface area contributed by atoms with Gasteiger partial charge >= 0.3 is 0 Å². The van der Waals surface area contributed by atoms with Gasteiger partial charge in [0.05, 0.1) is 5.69 Å². The van der Waals surface area contributed by atoms with Gasteiger partial charge in [-0.05, 0) is 30.9 Å². The summed E-state index contributed by atoms with van der Waals surface area (Å²) in [4.78, 5) is 12.3. The molecule has 0 radical (unpaired) electrons. The van der Waals surface area contributed by atoms with E-state index in [9.17, 15) is 9.18 Å². The lowest BCUT2D eigenvalue weighted by Crippen LogP contribution is -2.55. The van der Waals surface area contributed by atoms with E-state index in [1.165, 1.54) is 6.07 Å². The number of rotatable bonds is 0. The lowest BCUT2D eigenvalue weighted by Gasteiger charge is -2.43. The first-order chi connectivity index (χ1) is 8.61. The number of hydrogen-bond acceptors (Lipinski definition) is 2. The molecular weight excluding hydrogens is 231 g/mol. The van der Waals surface area contributed by atoms with Crippen molar-refractivity contribution in [1.82, 2.24) is 0 Å². The van der Waals surface area contributed by atoms with Gasteiger partial charge in [-0.2, -0.15) is 0 Å². The molecule has 2 aliphatic rings. The second kappa shape index (κ2) is 3.97. The molecule has 3 nitrogen and oxygen atoms in total. The average Bonchev–Trinajstić information content (AvgIpc) is 2.32. The van der Waals surface area contributed by atoms with Crippen LogP contribution in [0.3, 0.4) is 0 Å². The normalized spacial score (nSPS) is 30.6. The summed E-state index contributed by atoms with van der Waals surface area (Å²) in [6.07, 6.45) is 3.83. The number of para-hydroxylation sites is 1. The first-order valence-corrected chi connectivity index (χ1v) is 6.49. The molecule has 1 fully saturated rings. The minimum Gasteiger partial charge on any atom is -0.369 e. The standard InChI is InChI=1S/C14H17FN2O/c1-9-4-3-7-14(8-9)13(18)16-12-10(15)5-2-6-11(12)17-14/h2,5-6,9,17H,3-4,7-8H2,1H3,(H,16,18). The predicted octanol–water partition coefficient (Wildman–Crippen LogP) is 3.14. The Hall–Kier alpha value is -1.58. The maximum absolute atomic E-state index is 13.6. The van der Waals surface area contributed by atoms with Crippen molar-refractivity contribution in [3.05, 3.63) is 24.0 Å². The SMILES string of the molecule is CC1CCCC2(C1)Nc1cccc(F)c1NC2=O. The van der Waals surface area contributed by atoms with E-state index >= 15 is 0 Å². The van der Waals surface area contributed by atoms with Crippen LogP contribution in [0.5, 0.6) is 0 Å². The van der Waals surface area contributed by atoms with Gasteiger partial charge in [0.15, 0.2) is 0 Å². The highest BCUT2D eigenvalue weighted by Gasteiger charge is 2.45. The first-order valence-electron chi connectivity index (χ1n) is 6.49. The molecule has 1 saturated carbocycles. The molecule has 2 atom stereocenters. The van der Waals surface area contributed by atoms with Gasteiger partial charge in [0, 0.05) is 0 Å². The van der Waals surface area contributed by atoms with E-state index in [0.717, 1.165) is 25.7 Å². The molecule has 1 amide bonds. The predicted molar refractivity (Wildman–Crippen MR) is 69.0 cm³/mol. The summed E-state index contributed by atoms with van der Waals surface area (Å²) in [5, 5.41) is 6.01. The molecule has 1 spiro atoms. The van der Waals surface area contributed by atoms with E-state index in [4.69, 9.17) is 0 Å². The summed E-state index contributed by atoms with van der Waals surface area (Å²) >= 11 is 0. The number of nitrogens with one attached hydrogen (secondary N) is 2. The Morgan fingerprint density at radius 1 is 1.44 bits per heavy atom. The van der Waals surface area contributed by atoms with Gasteiger partial charge in [-0.3, -0.25) is 4.79 Å². The van der Waals surface area contributed by atoms with Crippen molar-refractivity contribution < 1.29 is 9.18 Å². The molecule has 0 aromatic heterocycles. The number of halogens is 1. The van der Waals surface area contributed by atoms with Crippen molar-refractivity contribution >= 4 is 17.3 Å². The van der Waals surface area contributed by atoms with Crippen molar-refractivity contribution in [2.75, 3.05) is 10.6 Å². The number of amides is 1. The maximum atomic E-state index is 13.6. The molecule has 1 aromatic carbocycles. The summed E-state index contributed by atoms with van der Waals surface area (Å²) in [5.74, 6) is 0.0471. The van der Waals surface area contributed by atoms with Crippen molar-refractivity contribution in [1.29, 1.82) is 0 Å². The fourth-order valence-corrected chi connectivity index (χ4v) is 3.17. The Morgan fingerprint density at radius 3 is 3.06 bits per heavy atom. The lowest BCUT2D eigenvalue weighted by molar-refractivity contribution is -0.122. The second-order valence-electron chi connectivity index (χ2n) is 5.53. The van der Waals surface area contributed by atoms with Crippen LogP contribution >= 0.6 is 0 Å². The molecule has 4 heteroatoms. The molecule has 1 heterocycles. The highest BCUT2D eigenvalue weighted by molar-refractivity contribution is 6.06. The third kappa shape index (κ3) is 1.67. The van der Waals surface area contributed by atoms with E-state index in [2.05, 4.69) is 17.6 Å². The number of fused-ring (bicyclic) bond motifs is 1. The van der Waals surface area contributed by atoms with Crippen molar-refractivity contribution in [3.63, 3.8) is 0 Å². The van der Waals surface area contributed by atoms with Gasteiger partial charge in [-0.25, -0.2) is 4.39 Å². The molecule has 2 unspecified atom stereocenters. The molecule has 1 aromatic rings. The minimum absolute atomic E-state index is 0.0911. The van der Waals surface area contributed by atoms with E-state index in [0.29, 0.717) is 11.6 Å². The molecule has 96 valence electrons. The van der Waals surface area contributed by atoms with Crippen molar-refractivity contribution in [2.24, 2.45) is 5.92 Å². The van der Waals surface area contributed by atoms with E-state index < -0.39 is 5.54 Å². The monoisotopic (exact) mass is 248 g/mol. The van der Waals surface area contributed by atoms with E-state index in [-0.39, 0.29) is 17.4 Å². The minimum atomic E-state index is -0.543. The average molecular weight is 248 g/mol. The van der Waals surface area contributed by atoms with Crippen LogP contribution in [-0.4, -0.2) is 11.4 Å². The van der Waals surface area contributed by atoms with Gasteiger partial charge in [0.25, 0.3) is 0 Å². The Balaban J connectivity index is 1.99. The zero-order valence-electron chi connectivity index (χ0n) is 10.4. The van der Waals surface area contributed by atoms with Crippen LogP contribution < -0.4 is 10.6 Å². The highest BCUT2D eigenvalue weighted by Crippen LogP contribution is 2.41. The summed E-state index contributed by atoms with van der Waals surface area (Å²) in [7, 11) is 0. The topological polar surface area (TPSA) is 41.1 Å². The first kappa shape index (κ1) is 11.5. The van der Waals surface area contributed by atoms with Crippen LogP contribution in [0.4, 0.5) is 15.8 Å². The summed E-state index contributed by atoms with van der Waals surface area (Å²) in [6.45, 7) is 2.16. The number of hydrogen-bond donors (Lipinski definition) is 2. The lowest BCUT2D eigenvalue weighted by atomic mass is 9.74. The van der Waals surface area contributed by atoms with E-state index in [1.54, 1.807) is 6.07 Å². The molecule has 1 aliphatic heterocycles. The van der Waals surface area contributed by atoms with Gasteiger partial charge in [-0.1, -0.05) is 25.8 Å². The van der Waals surface area contributed by atoms with Gasteiger partial charge in [-0.15, -0.1) is 0 Å². The number of anilines is 2. The fraction of sp³-hybridized carbons (Fsp3) is 0.500. The van der Waals surface area contributed by atoms with E-state index in [1.807, 2.05) is 6.07 Å². The maximum Gasteiger partial charge on any atom is 0.250 e.